The third-order valence-corrected chi connectivity index (χ3v) is 2.37. The van der Waals surface area contributed by atoms with Gasteiger partial charge in [0.25, 0.3) is 0 Å². The average Bonchev–Trinajstić information content (AvgIpc) is 2.12. The van der Waals surface area contributed by atoms with E-state index in [0.29, 0.717) is 18.4 Å². The summed E-state index contributed by atoms with van der Waals surface area (Å²) in [6, 6.07) is 0.374. The van der Waals surface area contributed by atoms with E-state index in [2.05, 4.69) is 33.0 Å². The van der Waals surface area contributed by atoms with Crippen molar-refractivity contribution in [1.29, 1.82) is 0 Å². The fourth-order valence-electron chi connectivity index (χ4n) is 1.53. The van der Waals surface area contributed by atoms with Crippen LogP contribution in [0.15, 0.2) is 0 Å². The molecule has 0 spiro atoms. The van der Waals surface area contributed by atoms with Crippen LogP contribution in [-0.2, 0) is 4.79 Å². The van der Waals surface area contributed by atoms with Crippen LogP contribution in [0.1, 0.15) is 59.8 Å². The molecule has 0 aromatic heterocycles. The van der Waals surface area contributed by atoms with Gasteiger partial charge in [-0.15, -0.1) is 0 Å². The number of rotatable bonds is 7. The zero-order valence-corrected chi connectivity index (χ0v) is 10.1. The van der Waals surface area contributed by atoms with Gasteiger partial charge in [-0.1, -0.05) is 34.1 Å². The van der Waals surface area contributed by atoms with E-state index in [1.807, 2.05) is 0 Å². The molecule has 0 heterocycles. The predicted octanol–water partition coefficient (Wildman–Crippen LogP) is 3.12. The summed E-state index contributed by atoms with van der Waals surface area (Å²) in [5.74, 6) is 0.880. The lowest BCUT2D eigenvalue weighted by Gasteiger charge is -2.18. The van der Waals surface area contributed by atoms with Crippen LogP contribution in [0.4, 0.5) is 0 Å². The quantitative estimate of drug-likeness (QED) is 0.670. The van der Waals surface area contributed by atoms with Crippen molar-refractivity contribution < 1.29 is 4.79 Å². The Morgan fingerprint density at radius 3 is 2.36 bits per heavy atom. The van der Waals surface area contributed by atoms with Crippen molar-refractivity contribution in [3.05, 3.63) is 0 Å². The number of nitrogens with one attached hydrogen (secondary N) is 1. The van der Waals surface area contributed by atoms with Crippen molar-refractivity contribution in [2.45, 2.75) is 65.8 Å². The van der Waals surface area contributed by atoms with Gasteiger partial charge in [0.15, 0.2) is 0 Å². The summed E-state index contributed by atoms with van der Waals surface area (Å²) in [4.78, 5) is 11.4. The summed E-state index contributed by atoms with van der Waals surface area (Å²) in [5, 5.41) is 3.09. The Balaban J connectivity index is 3.74. The van der Waals surface area contributed by atoms with Crippen LogP contribution in [-0.4, -0.2) is 11.9 Å². The van der Waals surface area contributed by atoms with Gasteiger partial charge in [0.05, 0.1) is 0 Å². The molecular formula is C12H25NO. The molecule has 2 nitrogen and oxygen atoms in total. The summed E-state index contributed by atoms with van der Waals surface area (Å²) in [6.45, 7) is 8.63. The zero-order valence-electron chi connectivity index (χ0n) is 10.1. The largest absolute Gasteiger partial charge is 0.353 e. The Labute approximate surface area is 88.5 Å². The fourth-order valence-corrected chi connectivity index (χ4v) is 1.53. The molecule has 0 aliphatic carbocycles. The molecule has 1 amide bonds. The molecule has 0 aliphatic heterocycles. The lowest BCUT2D eigenvalue weighted by molar-refractivity contribution is -0.122. The molecule has 0 saturated carbocycles. The molecule has 0 saturated heterocycles. The zero-order chi connectivity index (χ0) is 11.0. The number of carbonyl (C=O) groups is 1. The maximum Gasteiger partial charge on any atom is 0.220 e. The highest BCUT2D eigenvalue weighted by Crippen LogP contribution is 2.08. The maximum absolute atomic E-state index is 11.4. The second-order valence-corrected chi connectivity index (χ2v) is 4.41. The molecule has 84 valence electrons. The number of amides is 1. The molecule has 0 aromatic rings. The van der Waals surface area contributed by atoms with E-state index in [1.54, 1.807) is 0 Å². The van der Waals surface area contributed by atoms with E-state index < -0.39 is 0 Å². The first-order chi connectivity index (χ1) is 6.60. The Morgan fingerprint density at radius 1 is 1.29 bits per heavy atom. The maximum atomic E-state index is 11.4. The van der Waals surface area contributed by atoms with Gasteiger partial charge in [-0.25, -0.2) is 0 Å². The molecule has 1 unspecified atom stereocenters. The molecule has 0 radical (unpaired) electrons. The molecule has 0 aromatic carbocycles. The van der Waals surface area contributed by atoms with Crippen molar-refractivity contribution >= 4 is 5.91 Å². The van der Waals surface area contributed by atoms with Crippen LogP contribution < -0.4 is 5.32 Å². The van der Waals surface area contributed by atoms with Crippen molar-refractivity contribution in [1.82, 2.24) is 5.32 Å². The van der Waals surface area contributed by atoms with Crippen LogP contribution in [0.3, 0.4) is 0 Å². The monoisotopic (exact) mass is 199 g/mol. The molecule has 1 N–H and O–H groups in total. The third-order valence-electron chi connectivity index (χ3n) is 2.37. The minimum atomic E-state index is 0.222. The molecule has 0 bridgehead atoms. The van der Waals surface area contributed by atoms with Gasteiger partial charge in [-0.05, 0) is 25.2 Å². The lowest BCUT2D eigenvalue weighted by Crippen LogP contribution is -2.35. The van der Waals surface area contributed by atoms with Gasteiger partial charge >= 0.3 is 0 Å². The highest BCUT2D eigenvalue weighted by atomic mass is 16.1. The standard InChI is InChI=1S/C12H25NO/c1-5-7-8-12(14)13-11(6-2)9-10(3)4/h10-11H,5-9H2,1-4H3,(H,13,14). The van der Waals surface area contributed by atoms with Gasteiger partial charge in [0.1, 0.15) is 0 Å². The Morgan fingerprint density at radius 2 is 1.93 bits per heavy atom. The molecule has 0 rings (SSSR count). The van der Waals surface area contributed by atoms with E-state index >= 15 is 0 Å². The molecule has 0 aliphatic rings. The molecule has 14 heavy (non-hydrogen) atoms. The number of hydrogen-bond donors (Lipinski definition) is 1. The van der Waals surface area contributed by atoms with E-state index in [9.17, 15) is 4.79 Å². The van der Waals surface area contributed by atoms with E-state index in [4.69, 9.17) is 0 Å². The van der Waals surface area contributed by atoms with E-state index in [0.717, 1.165) is 25.7 Å². The predicted molar refractivity (Wildman–Crippen MR) is 61.2 cm³/mol. The Bertz CT molecular complexity index is 154. The molecule has 2 heteroatoms. The fraction of sp³-hybridized carbons (Fsp3) is 0.917. The number of unbranched alkanes of at least 4 members (excludes halogenated alkanes) is 1. The number of hydrogen-bond acceptors (Lipinski definition) is 1. The van der Waals surface area contributed by atoms with Crippen LogP contribution in [0.5, 0.6) is 0 Å². The van der Waals surface area contributed by atoms with Crippen LogP contribution in [0.2, 0.25) is 0 Å². The summed E-state index contributed by atoms with van der Waals surface area (Å²) in [7, 11) is 0. The van der Waals surface area contributed by atoms with Crippen molar-refractivity contribution in [2.24, 2.45) is 5.92 Å². The molecule has 0 fully saturated rings. The van der Waals surface area contributed by atoms with Gasteiger partial charge in [0.2, 0.25) is 5.91 Å². The SMILES string of the molecule is CCCCC(=O)NC(CC)CC(C)C. The number of carbonyl (C=O) groups excluding carboxylic acids is 1. The van der Waals surface area contributed by atoms with Crippen LogP contribution in [0, 0.1) is 5.92 Å². The molecular weight excluding hydrogens is 174 g/mol. The lowest BCUT2D eigenvalue weighted by atomic mass is 10.0. The second kappa shape index (κ2) is 7.84. The highest BCUT2D eigenvalue weighted by Gasteiger charge is 2.11. The van der Waals surface area contributed by atoms with Gasteiger partial charge in [-0.3, -0.25) is 4.79 Å². The summed E-state index contributed by atoms with van der Waals surface area (Å²) in [6.07, 6.45) is 4.91. The first-order valence-electron chi connectivity index (χ1n) is 5.89. The minimum Gasteiger partial charge on any atom is -0.353 e. The Kier molecular flexibility index (Phi) is 7.54. The smallest absolute Gasteiger partial charge is 0.220 e. The first-order valence-corrected chi connectivity index (χ1v) is 5.89. The van der Waals surface area contributed by atoms with Crippen LogP contribution >= 0.6 is 0 Å². The topological polar surface area (TPSA) is 29.1 Å². The summed E-state index contributed by atoms with van der Waals surface area (Å²) >= 11 is 0. The van der Waals surface area contributed by atoms with E-state index in [1.165, 1.54) is 0 Å². The molecule has 1 atom stereocenters. The van der Waals surface area contributed by atoms with Crippen molar-refractivity contribution in [2.75, 3.05) is 0 Å². The summed E-state index contributed by atoms with van der Waals surface area (Å²) < 4.78 is 0. The average molecular weight is 199 g/mol. The van der Waals surface area contributed by atoms with Gasteiger partial charge in [0, 0.05) is 12.5 Å². The second-order valence-electron chi connectivity index (χ2n) is 4.41. The minimum absolute atomic E-state index is 0.222. The van der Waals surface area contributed by atoms with Crippen molar-refractivity contribution in [3.63, 3.8) is 0 Å². The third kappa shape index (κ3) is 6.93. The van der Waals surface area contributed by atoms with Crippen molar-refractivity contribution in [3.8, 4) is 0 Å². The summed E-state index contributed by atoms with van der Waals surface area (Å²) in [5.41, 5.74) is 0. The highest BCUT2D eigenvalue weighted by molar-refractivity contribution is 5.76. The van der Waals surface area contributed by atoms with Gasteiger partial charge in [-0.2, -0.15) is 0 Å². The van der Waals surface area contributed by atoms with Gasteiger partial charge < -0.3 is 5.32 Å². The van der Waals surface area contributed by atoms with E-state index in [-0.39, 0.29) is 5.91 Å². The Hall–Kier alpha value is -0.530. The normalized spacial score (nSPS) is 12.9. The first kappa shape index (κ1) is 13.5. The van der Waals surface area contributed by atoms with Crippen LogP contribution in [0.25, 0.3) is 0 Å².